The van der Waals surface area contributed by atoms with Crippen LogP contribution in [0.3, 0.4) is 0 Å². The van der Waals surface area contributed by atoms with Gasteiger partial charge in [0.05, 0.1) is 16.7 Å². The Morgan fingerprint density at radius 2 is 1.84 bits per heavy atom. The standard InChI is InChI=1S/C21H18F3N5O2/c1-29(21(7-12(22)8-21)18-15(24)3-2-6-26-18)20-27-9-11(10-28-20)16-14(23)5-4-13(17(16)30)19(25)31/h2-6,9-10,12,30H,7-8H2,1H3,(H2,25,31). The van der Waals surface area contributed by atoms with Crippen molar-refractivity contribution in [3.63, 3.8) is 0 Å². The molecule has 1 aliphatic rings. The van der Waals surface area contributed by atoms with Crippen molar-refractivity contribution < 1.29 is 23.1 Å². The zero-order chi connectivity index (χ0) is 22.3. The van der Waals surface area contributed by atoms with Gasteiger partial charge in [-0.05, 0) is 24.3 Å². The molecule has 3 N–H and O–H groups in total. The van der Waals surface area contributed by atoms with E-state index in [1.165, 1.54) is 35.6 Å². The molecule has 31 heavy (non-hydrogen) atoms. The molecule has 3 aromatic rings. The van der Waals surface area contributed by atoms with E-state index in [0.29, 0.717) is 0 Å². The molecule has 1 aliphatic carbocycles. The summed E-state index contributed by atoms with van der Waals surface area (Å²) in [4.78, 5) is 25.4. The van der Waals surface area contributed by atoms with Crippen molar-refractivity contribution in [3.8, 4) is 16.9 Å². The molecule has 4 rings (SSSR count). The zero-order valence-corrected chi connectivity index (χ0v) is 16.4. The minimum atomic E-state index is -1.12. The number of anilines is 1. The third-order valence-electron chi connectivity index (χ3n) is 5.58. The van der Waals surface area contributed by atoms with Crippen LogP contribution < -0.4 is 10.6 Å². The number of hydrogen-bond acceptors (Lipinski definition) is 6. The van der Waals surface area contributed by atoms with Crippen molar-refractivity contribution in [1.82, 2.24) is 15.0 Å². The number of nitrogens with two attached hydrogens (primary N) is 1. The van der Waals surface area contributed by atoms with Gasteiger partial charge in [0.15, 0.2) is 0 Å². The van der Waals surface area contributed by atoms with Crippen molar-refractivity contribution in [2.75, 3.05) is 11.9 Å². The van der Waals surface area contributed by atoms with Crippen LogP contribution in [0.1, 0.15) is 28.9 Å². The Kier molecular flexibility index (Phi) is 5.00. The van der Waals surface area contributed by atoms with E-state index in [4.69, 9.17) is 5.73 Å². The summed E-state index contributed by atoms with van der Waals surface area (Å²) in [6.07, 6.45) is 2.83. The first-order valence-electron chi connectivity index (χ1n) is 9.37. The van der Waals surface area contributed by atoms with E-state index < -0.39 is 35.0 Å². The van der Waals surface area contributed by atoms with Gasteiger partial charge in [0, 0.05) is 44.0 Å². The SMILES string of the molecule is CN(c1ncc(-c2c(F)ccc(C(N)=O)c2O)cn1)C1(c2ncccc2F)CC(F)C1. The number of aromatic hydroxyl groups is 1. The van der Waals surface area contributed by atoms with E-state index >= 15 is 0 Å². The number of benzene rings is 1. The molecule has 2 heterocycles. The van der Waals surface area contributed by atoms with Crippen LogP contribution >= 0.6 is 0 Å². The molecule has 2 aromatic heterocycles. The maximum absolute atomic E-state index is 14.4. The number of alkyl halides is 1. The van der Waals surface area contributed by atoms with Gasteiger partial charge in [-0.3, -0.25) is 9.78 Å². The summed E-state index contributed by atoms with van der Waals surface area (Å²) < 4.78 is 42.6. The van der Waals surface area contributed by atoms with Crippen LogP contribution in [0.4, 0.5) is 19.1 Å². The average Bonchev–Trinajstić information content (AvgIpc) is 2.71. The van der Waals surface area contributed by atoms with Crippen LogP contribution in [0.2, 0.25) is 0 Å². The van der Waals surface area contributed by atoms with E-state index in [1.54, 1.807) is 7.05 Å². The van der Waals surface area contributed by atoms with Crippen LogP contribution in [0.25, 0.3) is 11.1 Å². The molecule has 1 aromatic carbocycles. The molecular formula is C21H18F3N5O2. The lowest BCUT2D eigenvalue weighted by molar-refractivity contribution is 0.0860. The molecule has 160 valence electrons. The molecule has 1 amide bonds. The molecule has 7 nitrogen and oxygen atoms in total. The fraction of sp³-hybridized carbons (Fsp3) is 0.238. The molecule has 0 saturated heterocycles. The number of hydrogen-bond donors (Lipinski definition) is 2. The number of amides is 1. The van der Waals surface area contributed by atoms with Gasteiger partial charge >= 0.3 is 0 Å². The highest BCUT2D eigenvalue weighted by Gasteiger charge is 2.52. The van der Waals surface area contributed by atoms with Gasteiger partial charge in [-0.1, -0.05) is 0 Å². The van der Waals surface area contributed by atoms with Gasteiger partial charge in [0.2, 0.25) is 5.95 Å². The molecule has 1 fully saturated rings. The Balaban J connectivity index is 1.71. The van der Waals surface area contributed by atoms with Gasteiger partial charge < -0.3 is 15.7 Å². The summed E-state index contributed by atoms with van der Waals surface area (Å²) >= 11 is 0. The highest BCUT2D eigenvalue weighted by molar-refractivity contribution is 5.98. The molecular weight excluding hydrogens is 411 g/mol. The third-order valence-corrected chi connectivity index (χ3v) is 5.58. The fourth-order valence-electron chi connectivity index (χ4n) is 3.88. The lowest BCUT2D eigenvalue weighted by Gasteiger charge is -2.49. The topological polar surface area (TPSA) is 105 Å². The Hall–Kier alpha value is -3.69. The number of phenols is 1. The maximum Gasteiger partial charge on any atom is 0.252 e. The van der Waals surface area contributed by atoms with Crippen LogP contribution in [0.15, 0.2) is 42.9 Å². The van der Waals surface area contributed by atoms with E-state index in [0.717, 1.165) is 12.1 Å². The van der Waals surface area contributed by atoms with Gasteiger partial charge in [0.25, 0.3) is 5.91 Å². The Morgan fingerprint density at radius 1 is 1.16 bits per heavy atom. The minimum absolute atomic E-state index is 0.0125. The van der Waals surface area contributed by atoms with Gasteiger partial charge in [-0.2, -0.15) is 0 Å². The number of aromatic nitrogens is 3. The number of nitrogens with zero attached hydrogens (tertiary/aromatic N) is 4. The predicted octanol–water partition coefficient (Wildman–Crippen LogP) is 3.08. The monoisotopic (exact) mass is 429 g/mol. The molecule has 0 spiro atoms. The van der Waals surface area contributed by atoms with Crippen molar-refractivity contribution in [2.24, 2.45) is 5.73 Å². The third kappa shape index (κ3) is 3.33. The lowest BCUT2D eigenvalue weighted by atomic mass is 9.71. The van der Waals surface area contributed by atoms with Gasteiger partial charge in [0.1, 0.15) is 29.2 Å². The van der Waals surface area contributed by atoms with E-state index in [9.17, 15) is 23.1 Å². The van der Waals surface area contributed by atoms with Crippen LogP contribution in [-0.2, 0) is 5.54 Å². The van der Waals surface area contributed by atoms with E-state index in [1.807, 2.05) is 0 Å². The molecule has 0 bridgehead atoms. The molecule has 0 unspecified atom stereocenters. The summed E-state index contributed by atoms with van der Waals surface area (Å²) in [6.45, 7) is 0. The van der Waals surface area contributed by atoms with Crippen LogP contribution in [-0.4, -0.2) is 39.2 Å². The number of primary amides is 1. The Morgan fingerprint density at radius 3 is 2.42 bits per heavy atom. The number of pyridine rings is 1. The number of halogens is 3. The second-order valence-electron chi connectivity index (χ2n) is 7.38. The summed E-state index contributed by atoms with van der Waals surface area (Å²) in [5.41, 5.74) is 3.81. The first-order valence-corrected chi connectivity index (χ1v) is 9.37. The molecule has 10 heteroatoms. The van der Waals surface area contributed by atoms with Gasteiger partial charge in [-0.15, -0.1) is 0 Å². The summed E-state index contributed by atoms with van der Waals surface area (Å²) in [5, 5.41) is 10.3. The second-order valence-corrected chi connectivity index (χ2v) is 7.38. The van der Waals surface area contributed by atoms with Crippen molar-refractivity contribution in [1.29, 1.82) is 0 Å². The molecule has 0 radical (unpaired) electrons. The maximum atomic E-state index is 14.4. The number of rotatable bonds is 5. The fourth-order valence-corrected chi connectivity index (χ4v) is 3.88. The Labute approximate surface area is 175 Å². The van der Waals surface area contributed by atoms with Crippen molar-refractivity contribution in [2.45, 2.75) is 24.6 Å². The highest BCUT2D eigenvalue weighted by atomic mass is 19.1. The van der Waals surface area contributed by atoms with Gasteiger partial charge in [-0.25, -0.2) is 23.1 Å². The number of carbonyl (C=O) groups is 1. The Bertz CT molecular complexity index is 1150. The quantitative estimate of drug-likeness (QED) is 0.646. The predicted molar refractivity (Wildman–Crippen MR) is 106 cm³/mol. The first kappa shape index (κ1) is 20.6. The number of carbonyl (C=O) groups excluding carboxylic acids is 1. The summed E-state index contributed by atoms with van der Waals surface area (Å²) in [6, 6.07) is 4.79. The van der Waals surface area contributed by atoms with E-state index in [-0.39, 0.29) is 41.2 Å². The zero-order valence-electron chi connectivity index (χ0n) is 16.4. The molecule has 0 aliphatic heterocycles. The lowest BCUT2D eigenvalue weighted by Crippen LogP contribution is -2.56. The highest BCUT2D eigenvalue weighted by Crippen LogP contribution is 2.48. The summed E-state index contributed by atoms with van der Waals surface area (Å²) in [7, 11) is 1.60. The average molecular weight is 429 g/mol. The second kappa shape index (κ2) is 7.53. The largest absolute Gasteiger partial charge is 0.506 e. The minimum Gasteiger partial charge on any atom is -0.506 e. The molecule has 0 atom stereocenters. The molecule has 1 saturated carbocycles. The van der Waals surface area contributed by atoms with Crippen LogP contribution in [0.5, 0.6) is 5.75 Å². The summed E-state index contributed by atoms with van der Waals surface area (Å²) in [5.74, 6) is -2.76. The van der Waals surface area contributed by atoms with E-state index in [2.05, 4.69) is 15.0 Å². The first-order chi connectivity index (χ1) is 14.7. The van der Waals surface area contributed by atoms with Crippen molar-refractivity contribution in [3.05, 3.63) is 65.7 Å². The normalized spacial score (nSPS) is 20.2. The van der Waals surface area contributed by atoms with Crippen molar-refractivity contribution >= 4 is 11.9 Å². The smallest absolute Gasteiger partial charge is 0.252 e. The van der Waals surface area contributed by atoms with Crippen LogP contribution in [0, 0.1) is 11.6 Å².